The van der Waals surface area contributed by atoms with Gasteiger partial charge in [0.05, 0.1) is 17.2 Å². The molecule has 1 heterocycles. The summed E-state index contributed by atoms with van der Waals surface area (Å²) in [6, 6.07) is 7.04. The van der Waals surface area contributed by atoms with Crippen LogP contribution in [0.4, 0.5) is 0 Å². The van der Waals surface area contributed by atoms with E-state index < -0.39 is 0 Å². The number of fused-ring (bicyclic) bond motifs is 6. The lowest BCUT2D eigenvalue weighted by molar-refractivity contribution is -0.152. The number of hydrogen-bond acceptors (Lipinski definition) is 3. The Morgan fingerprint density at radius 3 is 2.49 bits per heavy atom. The summed E-state index contributed by atoms with van der Waals surface area (Å²) >= 11 is 0. The van der Waals surface area contributed by atoms with E-state index in [-0.39, 0.29) is 5.60 Å². The fraction of sp³-hybridized carbons (Fsp3) is 0.750. The predicted molar refractivity (Wildman–Crippen MR) is 143 cm³/mol. The van der Waals surface area contributed by atoms with Crippen LogP contribution < -0.4 is 0 Å². The van der Waals surface area contributed by atoms with Gasteiger partial charge in [-0.25, -0.2) is 9.97 Å². The van der Waals surface area contributed by atoms with Crippen LogP contribution in [0, 0.1) is 41.4 Å². The Kier molecular flexibility index (Phi) is 5.64. The molecule has 0 amide bonds. The lowest BCUT2D eigenvalue weighted by Gasteiger charge is -2.61. The first-order valence-electron chi connectivity index (χ1n) is 14.5. The largest absolute Gasteiger partial charge is 0.373 e. The molecule has 6 rings (SSSR count). The van der Waals surface area contributed by atoms with E-state index in [4.69, 9.17) is 4.74 Å². The lowest BCUT2D eigenvalue weighted by atomic mass is 9.44. The number of benzene rings is 1. The van der Waals surface area contributed by atoms with Gasteiger partial charge in [-0.15, -0.1) is 0 Å². The van der Waals surface area contributed by atoms with Gasteiger partial charge in [0, 0.05) is 11.6 Å². The van der Waals surface area contributed by atoms with Gasteiger partial charge in [-0.05, 0) is 144 Å². The van der Waals surface area contributed by atoms with E-state index in [0.717, 1.165) is 35.0 Å². The predicted octanol–water partition coefficient (Wildman–Crippen LogP) is 8.25. The summed E-state index contributed by atoms with van der Waals surface area (Å²) in [6.45, 7) is 14.0. The maximum absolute atomic E-state index is 6.49. The molecular weight excluding hydrogens is 428 g/mol. The van der Waals surface area contributed by atoms with E-state index in [2.05, 4.69) is 62.8 Å². The Balaban J connectivity index is 1.23. The number of ether oxygens (including phenoxy) is 1. The third-order valence-electron chi connectivity index (χ3n) is 11.3. The van der Waals surface area contributed by atoms with Gasteiger partial charge >= 0.3 is 0 Å². The molecule has 1 aromatic carbocycles. The quantitative estimate of drug-likeness (QED) is 0.439. The average molecular weight is 475 g/mol. The highest BCUT2D eigenvalue weighted by Gasteiger charge is 2.60. The molecule has 4 aliphatic carbocycles. The second kappa shape index (κ2) is 8.27. The second-order valence-corrected chi connectivity index (χ2v) is 14.2. The van der Waals surface area contributed by atoms with Crippen LogP contribution in [-0.2, 0) is 4.74 Å². The van der Waals surface area contributed by atoms with E-state index in [0.29, 0.717) is 22.9 Å². The van der Waals surface area contributed by atoms with Gasteiger partial charge in [-0.2, -0.15) is 0 Å². The van der Waals surface area contributed by atoms with Crippen LogP contribution in [0.15, 0.2) is 24.4 Å². The SMILES string of the molecule is Cc1ncc2cc([C@H]3CC[C@H]4[C@@H]5CC[C@H]6C[C@H](OC(C)(C)C)CC[C@]6(C)[C@H]5CC[C@]34C)ccc2n1. The molecular formula is C32H46N2O. The topological polar surface area (TPSA) is 35.0 Å². The maximum atomic E-state index is 6.49. The summed E-state index contributed by atoms with van der Waals surface area (Å²) < 4.78 is 6.49. The molecule has 1 aromatic heterocycles. The number of aryl methyl sites for hydroxylation is 1. The molecule has 0 N–H and O–H groups in total. The van der Waals surface area contributed by atoms with Crippen LogP contribution in [0.2, 0.25) is 0 Å². The summed E-state index contributed by atoms with van der Waals surface area (Å²) in [7, 11) is 0. The molecule has 4 saturated carbocycles. The normalized spacial score (nSPS) is 41.3. The highest BCUT2D eigenvalue weighted by atomic mass is 16.5. The van der Waals surface area contributed by atoms with Crippen LogP contribution >= 0.6 is 0 Å². The monoisotopic (exact) mass is 474 g/mol. The number of nitrogens with zero attached hydrogens (tertiary/aromatic N) is 2. The van der Waals surface area contributed by atoms with E-state index in [9.17, 15) is 0 Å². The van der Waals surface area contributed by atoms with Gasteiger partial charge in [0.2, 0.25) is 0 Å². The van der Waals surface area contributed by atoms with Crippen LogP contribution in [0.5, 0.6) is 0 Å². The first-order chi connectivity index (χ1) is 16.6. The van der Waals surface area contributed by atoms with Crippen molar-refractivity contribution in [3.8, 4) is 0 Å². The Morgan fingerprint density at radius 2 is 1.69 bits per heavy atom. The molecule has 2 aromatic rings. The fourth-order valence-electron chi connectivity index (χ4n) is 9.73. The van der Waals surface area contributed by atoms with E-state index in [1.165, 1.54) is 68.7 Å². The Hall–Kier alpha value is -1.48. The molecule has 4 aliphatic rings. The van der Waals surface area contributed by atoms with Crippen molar-refractivity contribution >= 4 is 10.9 Å². The van der Waals surface area contributed by atoms with Gasteiger partial charge in [-0.3, -0.25) is 0 Å². The summed E-state index contributed by atoms with van der Waals surface area (Å²) in [4.78, 5) is 9.13. The van der Waals surface area contributed by atoms with Gasteiger partial charge in [0.1, 0.15) is 5.82 Å². The minimum atomic E-state index is -0.0190. The van der Waals surface area contributed by atoms with Crippen LogP contribution in [0.25, 0.3) is 10.9 Å². The summed E-state index contributed by atoms with van der Waals surface area (Å²) in [5.74, 6) is 5.13. The molecule has 0 unspecified atom stereocenters. The molecule has 190 valence electrons. The zero-order valence-corrected chi connectivity index (χ0v) is 22.9. The van der Waals surface area contributed by atoms with Crippen LogP contribution in [0.3, 0.4) is 0 Å². The van der Waals surface area contributed by atoms with Crippen molar-refractivity contribution in [3.05, 3.63) is 35.8 Å². The zero-order valence-electron chi connectivity index (χ0n) is 22.9. The maximum Gasteiger partial charge on any atom is 0.125 e. The molecule has 8 atom stereocenters. The zero-order chi connectivity index (χ0) is 24.6. The Morgan fingerprint density at radius 1 is 0.914 bits per heavy atom. The molecule has 35 heavy (non-hydrogen) atoms. The minimum absolute atomic E-state index is 0.0190. The van der Waals surface area contributed by atoms with Crippen molar-refractivity contribution in [2.24, 2.45) is 34.5 Å². The first-order valence-corrected chi connectivity index (χ1v) is 14.5. The number of rotatable bonds is 2. The van der Waals surface area contributed by atoms with Gasteiger partial charge < -0.3 is 4.74 Å². The number of hydrogen-bond donors (Lipinski definition) is 0. The van der Waals surface area contributed by atoms with Crippen LogP contribution in [0.1, 0.15) is 110 Å². The van der Waals surface area contributed by atoms with E-state index in [1.807, 2.05) is 13.1 Å². The Bertz CT molecular complexity index is 1100. The van der Waals surface area contributed by atoms with Gasteiger partial charge in [0.15, 0.2) is 0 Å². The number of aromatic nitrogens is 2. The second-order valence-electron chi connectivity index (χ2n) is 14.2. The molecule has 0 aliphatic heterocycles. The summed E-state index contributed by atoms with van der Waals surface area (Å²) in [5, 5.41) is 1.20. The highest BCUT2D eigenvalue weighted by molar-refractivity contribution is 5.78. The summed E-state index contributed by atoms with van der Waals surface area (Å²) in [6.07, 6.45) is 14.9. The first kappa shape index (κ1) is 23.9. The van der Waals surface area contributed by atoms with Crippen molar-refractivity contribution in [1.82, 2.24) is 9.97 Å². The molecule has 3 nitrogen and oxygen atoms in total. The van der Waals surface area contributed by atoms with Gasteiger partial charge in [0.25, 0.3) is 0 Å². The van der Waals surface area contributed by atoms with Crippen molar-refractivity contribution in [1.29, 1.82) is 0 Å². The molecule has 0 radical (unpaired) electrons. The summed E-state index contributed by atoms with van der Waals surface area (Å²) in [5.41, 5.74) is 3.57. The molecule has 4 fully saturated rings. The van der Waals surface area contributed by atoms with Crippen molar-refractivity contribution in [2.45, 2.75) is 117 Å². The molecule has 0 bridgehead atoms. The highest BCUT2D eigenvalue weighted by Crippen LogP contribution is 2.69. The third kappa shape index (κ3) is 3.95. The Labute approximate surface area is 212 Å². The van der Waals surface area contributed by atoms with E-state index >= 15 is 0 Å². The fourth-order valence-corrected chi connectivity index (χ4v) is 9.73. The van der Waals surface area contributed by atoms with Crippen molar-refractivity contribution in [3.63, 3.8) is 0 Å². The van der Waals surface area contributed by atoms with Crippen LogP contribution in [-0.4, -0.2) is 21.7 Å². The van der Waals surface area contributed by atoms with E-state index in [1.54, 1.807) is 0 Å². The third-order valence-corrected chi connectivity index (χ3v) is 11.3. The van der Waals surface area contributed by atoms with Gasteiger partial charge in [-0.1, -0.05) is 19.9 Å². The molecule has 0 saturated heterocycles. The lowest BCUT2D eigenvalue weighted by Crippen LogP contribution is -2.54. The standard InChI is InChI=1S/C32H46N2O/c1-20-33-19-22-17-21(7-12-29(22)34-20)26-10-11-27-25-9-8-23-18-24(35-30(2,3)4)13-15-31(23,5)28(25)14-16-32(26,27)6/h7,12,17,19,23-28H,8-11,13-16,18H2,1-6H3/t23-,24+,25-,26+,27-,28-,31-,32+/m0/s1. The van der Waals surface area contributed by atoms with Crippen molar-refractivity contribution in [2.75, 3.05) is 0 Å². The smallest absolute Gasteiger partial charge is 0.125 e. The molecule has 3 heteroatoms. The van der Waals surface area contributed by atoms with Crippen molar-refractivity contribution < 1.29 is 4.74 Å². The minimum Gasteiger partial charge on any atom is -0.373 e. The average Bonchev–Trinajstić information content (AvgIpc) is 3.15. The molecule has 0 spiro atoms.